The van der Waals surface area contributed by atoms with Gasteiger partial charge in [-0.1, -0.05) is 18.0 Å². The summed E-state index contributed by atoms with van der Waals surface area (Å²) < 4.78 is 9.81. The third kappa shape index (κ3) is 2.43. The van der Waals surface area contributed by atoms with Crippen LogP contribution < -0.4 is 0 Å². The number of hydrogen-bond acceptors (Lipinski definition) is 5. The highest BCUT2D eigenvalue weighted by atomic mass is 35.5. The van der Waals surface area contributed by atoms with Crippen LogP contribution in [0.4, 0.5) is 0 Å². The predicted octanol–water partition coefficient (Wildman–Crippen LogP) is 3.07. The highest BCUT2D eigenvalue weighted by Crippen LogP contribution is 2.31. The summed E-state index contributed by atoms with van der Waals surface area (Å²) in [5, 5.41) is 4.00. The molecule has 1 aliphatic heterocycles. The molecule has 0 saturated carbocycles. The largest absolute Gasteiger partial charge is 0.452 e. The third-order valence-corrected chi connectivity index (χ3v) is 3.83. The Hall–Kier alpha value is -1.82. The topological polar surface area (TPSA) is 72.4 Å². The Labute approximate surface area is 120 Å². The molecule has 0 aromatic carbocycles. The number of furan rings is 1. The summed E-state index contributed by atoms with van der Waals surface area (Å²) in [5.41, 5.74) is 0.377. The summed E-state index contributed by atoms with van der Waals surface area (Å²) in [4.78, 5) is 18.5. The van der Waals surface area contributed by atoms with Gasteiger partial charge in [0.25, 0.3) is 5.91 Å². The van der Waals surface area contributed by atoms with Crippen LogP contribution >= 0.6 is 11.6 Å². The van der Waals surface area contributed by atoms with E-state index in [1.54, 1.807) is 11.0 Å². The van der Waals surface area contributed by atoms with Gasteiger partial charge in [0.15, 0.2) is 5.82 Å². The van der Waals surface area contributed by atoms with E-state index in [0.29, 0.717) is 17.9 Å². The van der Waals surface area contributed by atoms with Gasteiger partial charge in [0.1, 0.15) is 0 Å². The lowest BCUT2D eigenvalue weighted by atomic mass is 10.1. The Morgan fingerprint density at radius 3 is 3.00 bits per heavy atom. The average Bonchev–Trinajstić information content (AvgIpc) is 3.05. The minimum absolute atomic E-state index is 0.117. The highest BCUT2D eigenvalue weighted by molar-refractivity contribution is 6.32. The molecule has 0 aliphatic carbocycles. The molecule has 0 spiro atoms. The first-order valence-corrected chi connectivity index (χ1v) is 6.95. The predicted molar refractivity (Wildman–Crippen MR) is 70.3 cm³/mol. The lowest BCUT2D eigenvalue weighted by molar-refractivity contribution is 0.0670. The fraction of sp³-hybridized carbons (Fsp3) is 0.462. The molecule has 2 aromatic rings. The number of rotatable bonds is 2. The normalized spacial score (nSPS) is 19.9. The van der Waals surface area contributed by atoms with Gasteiger partial charge >= 0.3 is 0 Å². The minimum atomic E-state index is -0.172. The first-order valence-electron chi connectivity index (χ1n) is 6.57. The van der Waals surface area contributed by atoms with Crippen molar-refractivity contribution < 1.29 is 13.7 Å². The Morgan fingerprint density at radius 2 is 2.30 bits per heavy atom. The van der Waals surface area contributed by atoms with Gasteiger partial charge in [-0.05, 0) is 30.5 Å². The monoisotopic (exact) mass is 295 g/mol. The van der Waals surface area contributed by atoms with Crippen LogP contribution in [0.25, 0.3) is 0 Å². The molecular formula is C13H14ClN3O3. The van der Waals surface area contributed by atoms with Gasteiger partial charge in [-0.15, -0.1) is 0 Å². The Morgan fingerprint density at radius 1 is 1.40 bits per heavy atom. The Kier molecular flexibility index (Phi) is 3.73. The standard InChI is InChI=1S/C13H14ClN3O3/c14-11-9(5-7-19-11)13(18)17-6-3-1-2-4-10(17)12-15-8-20-16-12/h5,7-8,10H,1-4,6H2/t10-/m1/s1. The molecule has 0 unspecified atom stereocenters. The van der Waals surface area contributed by atoms with Crippen molar-refractivity contribution in [1.29, 1.82) is 0 Å². The summed E-state index contributed by atoms with van der Waals surface area (Å²) in [6, 6.07) is 1.41. The molecule has 1 saturated heterocycles. The summed E-state index contributed by atoms with van der Waals surface area (Å²) >= 11 is 5.90. The van der Waals surface area contributed by atoms with Gasteiger partial charge in [-0.3, -0.25) is 4.79 Å². The number of likely N-dealkylation sites (tertiary alicyclic amines) is 1. The summed E-state index contributed by atoms with van der Waals surface area (Å²) in [6.07, 6.45) is 6.58. The summed E-state index contributed by atoms with van der Waals surface area (Å²) in [6.45, 7) is 0.652. The molecule has 1 atom stereocenters. The van der Waals surface area contributed by atoms with E-state index < -0.39 is 0 Å². The molecule has 0 bridgehead atoms. The molecule has 7 heteroatoms. The molecule has 6 nitrogen and oxygen atoms in total. The van der Waals surface area contributed by atoms with E-state index in [0.717, 1.165) is 25.7 Å². The van der Waals surface area contributed by atoms with E-state index in [9.17, 15) is 4.79 Å². The Balaban J connectivity index is 1.91. The van der Waals surface area contributed by atoms with Crippen LogP contribution in [0.15, 0.2) is 27.7 Å². The molecule has 1 amide bonds. The van der Waals surface area contributed by atoms with Crippen LogP contribution in [0, 0.1) is 0 Å². The molecule has 3 heterocycles. The van der Waals surface area contributed by atoms with Crippen LogP contribution in [0.2, 0.25) is 5.22 Å². The van der Waals surface area contributed by atoms with Gasteiger partial charge in [0.05, 0.1) is 17.9 Å². The summed E-state index contributed by atoms with van der Waals surface area (Å²) in [7, 11) is 0. The number of amides is 1. The fourth-order valence-corrected chi connectivity index (χ4v) is 2.74. The van der Waals surface area contributed by atoms with Crippen molar-refractivity contribution in [3.63, 3.8) is 0 Å². The lowest BCUT2D eigenvalue weighted by Crippen LogP contribution is -2.35. The zero-order chi connectivity index (χ0) is 13.9. The quantitative estimate of drug-likeness (QED) is 0.851. The fourth-order valence-electron chi connectivity index (χ4n) is 2.55. The van der Waals surface area contributed by atoms with E-state index in [2.05, 4.69) is 10.1 Å². The molecule has 0 radical (unpaired) electrons. The highest BCUT2D eigenvalue weighted by Gasteiger charge is 2.31. The van der Waals surface area contributed by atoms with Gasteiger partial charge in [0, 0.05) is 6.54 Å². The van der Waals surface area contributed by atoms with E-state index in [-0.39, 0.29) is 17.2 Å². The maximum atomic E-state index is 12.6. The second-order valence-corrected chi connectivity index (χ2v) is 5.10. The number of nitrogens with zero attached hydrogens (tertiary/aromatic N) is 3. The number of hydrogen-bond donors (Lipinski definition) is 0. The lowest BCUT2D eigenvalue weighted by Gasteiger charge is -2.27. The zero-order valence-corrected chi connectivity index (χ0v) is 11.5. The van der Waals surface area contributed by atoms with Crippen LogP contribution in [-0.4, -0.2) is 27.5 Å². The SMILES string of the molecule is O=C(c1ccoc1Cl)N1CCCCC[C@@H]1c1ncon1. The third-order valence-electron chi connectivity index (χ3n) is 3.54. The number of halogens is 1. The molecule has 3 rings (SSSR count). The van der Waals surface area contributed by atoms with Crippen molar-refractivity contribution in [2.75, 3.05) is 6.54 Å². The van der Waals surface area contributed by atoms with E-state index in [4.69, 9.17) is 20.5 Å². The molecule has 2 aromatic heterocycles. The van der Waals surface area contributed by atoms with Gasteiger partial charge in [-0.2, -0.15) is 4.98 Å². The smallest absolute Gasteiger partial charge is 0.259 e. The molecule has 1 aliphatic rings. The van der Waals surface area contributed by atoms with Crippen molar-refractivity contribution >= 4 is 17.5 Å². The maximum Gasteiger partial charge on any atom is 0.259 e. The van der Waals surface area contributed by atoms with E-state index in [1.807, 2.05) is 0 Å². The number of aromatic nitrogens is 2. The van der Waals surface area contributed by atoms with Crippen LogP contribution in [0.3, 0.4) is 0 Å². The van der Waals surface area contributed by atoms with Crippen LogP contribution in [-0.2, 0) is 0 Å². The second kappa shape index (κ2) is 5.66. The number of carbonyl (C=O) groups is 1. The average molecular weight is 296 g/mol. The van der Waals surface area contributed by atoms with Crippen LogP contribution in [0.1, 0.15) is 47.9 Å². The molecular weight excluding hydrogens is 282 g/mol. The van der Waals surface area contributed by atoms with E-state index >= 15 is 0 Å². The van der Waals surface area contributed by atoms with Crippen molar-refractivity contribution in [2.45, 2.75) is 31.7 Å². The van der Waals surface area contributed by atoms with Crippen molar-refractivity contribution in [1.82, 2.24) is 15.0 Å². The van der Waals surface area contributed by atoms with Crippen molar-refractivity contribution in [3.05, 3.63) is 35.3 Å². The molecule has 106 valence electrons. The van der Waals surface area contributed by atoms with Crippen LogP contribution in [0.5, 0.6) is 0 Å². The minimum Gasteiger partial charge on any atom is -0.452 e. The van der Waals surface area contributed by atoms with E-state index in [1.165, 1.54) is 12.7 Å². The first-order chi connectivity index (χ1) is 9.77. The number of carbonyl (C=O) groups excluding carboxylic acids is 1. The van der Waals surface area contributed by atoms with Gasteiger partial charge in [0.2, 0.25) is 11.6 Å². The molecule has 1 fully saturated rings. The molecule has 20 heavy (non-hydrogen) atoms. The van der Waals surface area contributed by atoms with Gasteiger partial charge < -0.3 is 13.8 Å². The second-order valence-electron chi connectivity index (χ2n) is 4.76. The van der Waals surface area contributed by atoms with Gasteiger partial charge in [-0.25, -0.2) is 0 Å². The Bertz CT molecular complexity index is 581. The van der Waals surface area contributed by atoms with Crippen molar-refractivity contribution in [2.24, 2.45) is 0 Å². The maximum absolute atomic E-state index is 12.6. The zero-order valence-electron chi connectivity index (χ0n) is 10.8. The molecule has 0 N–H and O–H groups in total. The first kappa shape index (κ1) is 13.2. The van der Waals surface area contributed by atoms with Crippen molar-refractivity contribution in [3.8, 4) is 0 Å². The summed E-state index contributed by atoms with van der Waals surface area (Å²) in [5.74, 6) is 0.389.